The highest BCUT2D eigenvalue weighted by Gasteiger charge is 2.33. The fraction of sp³-hybridized carbons (Fsp3) is 0.533. The first-order chi connectivity index (χ1) is 18.3. The van der Waals surface area contributed by atoms with Crippen molar-refractivity contribution in [3.8, 4) is 11.5 Å². The minimum Gasteiger partial charge on any atom is -0.493 e. The van der Waals surface area contributed by atoms with E-state index in [4.69, 9.17) is 14.2 Å². The Kier molecular flexibility index (Phi) is 11.4. The Hall–Kier alpha value is -3.10. The average Bonchev–Trinajstić information content (AvgIpc) is 3.17. The van der Waals surface area contributed by atoms with Gasteiger partial charge in [-0.05, 0) is 56.4 Å². The van der Waals surface area contributed by atoms with Gasteiger partial charge in [-0.2, -0.15) is 0 Å². The first-order valence-electron chi connectivity index (χ1n) is 13.5. The molecule has 0 spiro atoms. The summed E-state index contributed by atoms with van der Waals surface area (Å²) in [5, 5.41) is 3.47. The van der Waals surface area contributed by atoms with Crippen molar-refractivity contribution in [3.05, 3.63) is 59.7 Å². The molecular weight excluding hydrogens is 482 g/mol. The Morgan fingerprint density at radius 2 is 1.82 bits per heavy atom. The van der Waals surface area contributed by atoms with Crippen molar-refractivity contribution in [2.45, 2.75) is 32.7 Å². The standard InChI is InChI=1S/C30H43N3O5.H2/c1-22(2)33(30(35)24-13-14-27(37-5)28(17-24)38-16-10-15-36-4)21-26-19-31-18-25(26)20-32(3)29(34)23-11-8-6-7-9-12-23;/h6,8-9,11-14,17,22,25-26,31H,7,10,15-16,18-21H2,1-5H3;1H/t25-,26-;/m0./s1. The van der Waals surface area contributed by atoms with E-state index in [1.165, 1.54) is 0 Å². The van der Waals surface area contributed by atoms with Crippen molar-refractivity contribution >= 4 is 11.8 Å². The van der Waals surface area contributed by atoms with Crippen LogP contribution >= 0.6 is 0 Å². The zero-order valence-electron chi connectivity index (χ0n) is 23.4. The highest BCUT2D eigenvalue weighted by Crippen LogP contribution is 2.30. The zero-order chi connectivity index (χ0) is 27.5. The van der Waals surface area contributed by atoms with Crippen LogP contribution in [0.25, 0.3) is 0 Å². The monoisotopic (exact) mass is 527 g/mol. The Morgan fingerprint density at radius 1 is 1.05 bits per heavy atom. The molecule has 0 unspecified atom stereocenters. The van der Waals surface area contributed by atoms with Gasteiger partial charge >= 0.3 is 0 Å². The van der Waals surface area contributed by atoms with Crippen LogP contribution in [-0.4, -0.2) is 88.3 Å². The Balaban J connectivity index is 0.00000533. The molecule has 1 aromatic carbocycles. The van der Waals surface area contributed by atoms with Crippen LogP contribution in [0.2, 0.25) is 0 Å². The van der Waals surface area contributed by atoms with Gasteiger partial charge in [0.25, 0.3) is 11.8 Å². The number of allylic oxidation sites excluding steroid dienone is 4. The van der Waals surface area contributed by atoms with E-state index in [0.29, 0.717) is 48.9 Å². The molecule has 2 amide bonds. The minimum absolute atomic E-state index is 0. The first kappa shape index (κ1) is 29.5. The summed E-state index contributed by atoms with van der Waals surface area (Å²) in [6, 6.07) is 5.36. The quantitative estimate of drug-likeness (QED) is 0.392. The number of carbonyl (C=O) groups is 2. The molecule has 1 aliphatic heterocycles. The first-order valence-corrected chi connectivity index (χ1v) is 13.5. The number of nitrogens with zero attached hydrogens (tertiary/aromatic N) is 2. The summed E-state index contributed by atoms with van der Waals surface area (Å²) in [7, 11) is 5.11. The van der Waals surface area contributed by atoms with Gasteiger partial charge in [-0.3, -0.25) is 9.59 Å². The molecule has 1 aromatic rings. The van der Waals surface area contributed by atoms with Crippen LogP contribution in [0.15, 0.2) is 54.2 Å². The largest absolute Gasteiger partial charge is 0.493 e. The maximum absolute atomic E-state index is 13.7. The van der Waals surface area contributed by atoms with Crippen LogP contribution in [0, 0.1) is 11.8 Å². The van der Waals surface area contributed by atoms with Crippen molar-refractivity contribution in [2.75, 3.05) is 60.7 Å². The minimum atomic E-state index is -0.0417. The molecule has 1 heterocycles. The van der Waals surface area contributed by atoms with Gasteiger partial charge in [0.1, 0.15) is 0 Å². The summed E-state index contributed by atoms with van der Waals surface area (Å²) in [6.07, 6.45) is 11.3. The second kappa shape index (κ2) is 14.7. The van der Waals surface area contributed by atoms with Gasteiger partial charge < -0.3 is 29.3 Å². The summed E-state index contributed by atoms with van der Waals surface area (Å²) < 4.78 is 16.4. The lowest BCUT2D eigenvalue weighted by molar-refractivity contribution is -0.126. The number of benzene rings is 1. The van der Waals surface area contributed by atoms with E-state index in [2.05, 4.69) is 5.32 Å². The van der Waals surface area contributed by atoms with Crippen LogP contribution in [0.5, 0.6) is 11.5 Å². The normalized spacial score (nSPS) is 18.7. The van der Waals surface area contributed by atoms with E-state index in [0.717, 1.165) is 25.9 Å². The average molecular weight is 528 g/mol. The number of ether oxygens (including phenoxy) is 3. The van der Waals surface area contributed by atoms with Crippen molar-refractivity contribution < 1.29 is 25.2 Å². The van der Waals surface area contributed by atoms with Gasteiger partial charge in [-0.25, -0.2) is 0 Å². The maximum atomic E-state index is 13.7. The van der Waals surface area contributed by atoms with E-state index < -0.39 is 0 Å². The van der Waals surface area contributed by atoms with Crippen LogP contribution in [0.1, 0.15) is 38.5 Å². The van der Waals surface area contributed by atoms with Gasteiger partial charge in [-0.1, -0.05) is 24.3 Å². The second-order valence-corrected chi connectivity index (χ2v) is 10.2. The lowest BCUT2D eigenvalue weighted by Gasteiger charge is -2.33. The topological polar surface area (TPSA) is 80.3 Å². The van der Waals surface area contributed by atoms with Crippen molar-refractivity contribution in [1.82, 2.24) is 15.1 Å². The van der Waals surface area contributed by atoms with E-state index in [9.17, 15) is 9.59 Å². The molecule has 0 radical (unpaired) electrons. The number of rotatable bonds is 13. The van der Waals surface area contributed by atoms with Crippen LogP contribution in [0.3, 0.4) is 0 Å². The third-order valence-electron chi connectivity index (χ3n) is 7.04. The van der Waals surface area contributed by atoms with Crippen molar-refractivity contribution in [3.63, 3.8) is 0 Å². The smallest absolute Gasteiger partial charge is 0.254 e. The summed E-state index contributed by atoms with van der Waals surface area (Å²) in [4.78, 5) is 30.4. The summed E-state index contributed by atoms with van der Waals surface area (Å²) >= 11 is 0. The third kappa shape index (κ3) is 7.95. The molecule has 38 heavy (non-hydrogen) atoms. The number of hydrogen-bond acceptors (Lipinski definition) is 6. The third-order valence-corrected chi connectivity index (χ3v) is 7.04. The SMILES string of the molecule is COCCCOc1cc(C(=O)N(C[C@@H]2CNC[C@H]2CN(C)C(=O)C2=CC=CCC=C2)C(C)C)ccc1OC.[HH]. The molecule has 1 fully saturated rings. The number of hydrogen-bond donors (Lipinski definition) is 1. The predicted molar refractivity (Wildman–Crippen MR) is 152 cm³/mol. The highest BCUT2D eigenvalue weighted by atomic mass is 16.5. The van der Waals surface area contributed by atoms with Crippen LogP contribution in [-0.2, 0) is 9.53 Å². The van der Waals surface area contributed by atoms with E-state index >= 15 is 0 Å². The zero-order valence-corrected chi connectivity index (χ0v) is 23.4. The molecule has 8 nitrogen and oxygen atoms in total. The number of methoxy groups -OCH3 is 2. The number of nitrogens with one attached hydrogen (secondary N) is 1. The molecule has 0 saturated carbocycles. The Labute approximate surface area is 228 Å². The summed E-state index contributed by atoms with van der Waals surface area (Å²) in [5.41, 5.74) is 1.26. The molecule has 8 heteroatoms. The lowest BCUT2D eigenvalue weighted by atomic mass is 9.93. The molecule has 3 rings (SSSR count). The number of likely N-dealkylation sites (N-methyl/N-ethyl adjacent to an activating group) is 1. The van der Waals surface area contributed by atoms with Crippen LogP contribution in [0.4, 0.5) is 0 Å². The molecule has 210 valence electrons. The second-order valence-electron chi connectivity index (χ2n) is 10.2. The molecule has 0 bridgehead atoms. The maximum Gasteiger partial charge on any atom is 0.254 e. The van der Waals surface area contributed by atoms with E-state index in [1.54, 1.807) is 37.3 Å². The summed E-state index contributed by atoms with van der Waals surface area (Å²) in [5.74, 6) is 1.61. The molecular formula is C30H45N3O5. The molecule has 1 aliphatic carbocycles. The number of carbonyl (C=O) groups excluding carboxylic acids is 2. The van der Waals surface area contributed by atoms with Gasteiger partial charge in [0.05, 0.1) is 13.7 Å². The molecule has 1 saturated heterocycles. The van der Waals surface area contributed by atoms with Crippen molar-refractivity contribution in [1.29, 1.82) is 0 Å². The van der Waals surface area contributed by atoms with E-state index in [-0.39, 0.29) is 31.1 Å². The molecule has 1 N–H and O–H groups in total. The van der Waals surface area contributed by atoms with Gasteiger partial charge in [0.15, 0.2) is 11.5 Å². The molecule has 0 aromatic heterocycles. The fourth-order valence-electron chi connectivity index (χ4n) is 4.85. The predicted octanol–water partition coefficient (Wildman–Crippen LogP) is 3.94. The Morgan fingerprint density at radius 3 is 2.53 bits per heavy atom. The van der Waals surface area contributed by atoms with Gasteiger partial charge in [0, 0.05) is 72.0 Å². The Bertz CT molecular complexity index is 1040. The van der Waals surface area contributed by atoms with Gasteiger partial charge in [0.2, 0.25) is 0 Å². The fourth-order valence-corrected chi connectivity index (χ4v) is 4.85. The molecule has 2 atom stereocenters. The van der Waals surface area contributed by atoms with Crippen LogP contribution < -0.4 is 14.8 Å². The highest BCUT2D eigenvalue weighted by molar-refractivity contribution is 5.96. The van der Waals surface area contributed by atoms with E-state index in [1.807, 2.05) is 56.2 Å². The number of amides is 2. The van der Waals surface area contributed by atoms with Gasteiger partial charge in [-0.15, -0.1) is 0 Å². The summed E-state index contributed by atoms with van der Waals surface area (Å²) in [6.45, 7) is 8.02. The van der Waals surface area contributed by atoms with Crippen molar-refractivity contribution in [2.24, 2.45) is 11.8 Å². The lowest BCUT2D eigenvalue weighted by Crippen LogP contribution is -2.44. The molecule has 2 aliphatic rings.